The highest BCUT2D eigenvalue weighted by Gasteiger charge is 2.35. The summed E-state index contributed by atoms with van der Waals surface area (Å²) in [6.45, 7) is 1.90. The number of hydrogen-bond donors (Lipinski definition) is 1. The van der Waals surface area contributed by atoms with Gasteiger partial charge in [-0.2, -0.15) is 0 Å². The molecule has 4 heteroatoms. The molecule has 0 aromatic carbocycles. The molecule has 2 aliphatic rings. The van der Waals surface area contributed by atoms with Gasteiger partial charge in [-0.05, 0) is 26.3 Å². The van der Waals surface area contributed by atoms with Gasteiger partial charge in [0.15, 0.2) is 0 Å². The van der Waals surface area contributed by atoms with Gasteiger partial charge in [0.25, 0.3) is 0 Å². The SMILES string of the molecule is CN1CCN(C2CCCCC2)C(=O)C1CCO. The Balaban J connectivity index is 2.00. The summed E-state index contributed by atoms with van der Waals surface area (Å²) in [4.78, 5) is 16.6. The first kappa shape index (κ1) is 12.8. The minimum atomic E-state index is -0.101. The topological polar surface area (TPSA) is 43.8 Å². The lowest BCUT2D eigenvalue weighted by molar-refractivity contribution is -0.145. The second kappa shape index (κ2) is 5.83. The molecule has 2 fully saturated rings. The molecule has 4 nitrogen and oxygen atoms in total. The lowest BCUT2D eigenvalue weighted by Gasteiger charge is -2.43. The monoisotopic (exact) mass is 240 g/mol. The fourth-order valence-electron chi connectivity index (χ4n) is 3.13. The summed E-state index contributed by atoms with van der Waals surface area (Å²) < 4.78 is 0. The number of piperazine rings is 1. The highest BCUT2D eigenvalue weighted by Crippen LogP contribution is 2.25. The second-order valence-corrected chi connectivity index (χ2v) is 5.33. The first-order chi connectivity index (χ1) is 8.24. The molecule has 1 heterocycles. The van der Waals surface area contributed by atoms with E-state index in [9.17, 15) is 4.79 Å². The largest absolute Gasteiger partial charge is 0.396 e. The molecule has 1 saturated carbocycles. The number of likely N-dealkylation sites (N-methyl/N-ethyl adjacent to an activating group) is 1. The standard InChI is InChI=1S/C13H24N2O2/c1-14-8-9-15(11-5-3-2-4-6-11)13(17)12(14)7-10-16/h11-12,16H,2-10H2,1H3. The van der Waals surface area contributed by atoms with Gasteiger partial charge in [-0.1, -0.05) is 19.3 Å². The Morgan fingerprint density at radius 1 is 1.24 bits per heavy atom. The third-order valence-electron chi connectivity index (χ3n) is 4.21. The van der Waals surface area contributed by atoms with Gasteiger partial charge in [0.05, 0.1) is 6.04 Å². The van der Waals surface area contributed by atoms with E-state index in [1.54, 1.807) is 0 Å². The van der Waals surface area contributed by atoms with Crippen molar-refractivity contribution in [2.45, 2.75) is 50.6 Å². The molecular weight excluding hydrogens is 216 g/mol. The van der Waals surface area contributed by atoms with Crippen molar-refractivity contribution in [1.29, 1.82) is 0 Å². The smallest absolute Gasteiger partial charge is 0.240 e. The highest BCUT2D eigenvalue weighted by molar-refractivity contribution is 5.83. The fraction of sp³-hybridized carbons (Fsp3) is 0.923. The van der Waals surface area contributed by atoms with Crippen molar-refractivity contribution in [2.24, 2.45) is 0 Å². The third-order valence-corrected chi connectivity index (χ3v) is 4.21. The van der Waals surface area contributed by atoms with Crippen LogP contribution in [0.4, 0.5) is 0 Å². The van der Waals surface area contributed by atoms with Crippen LogP contribution >= 0.6 is 0 Å². The summed E-state index contributed by atoms with van der Waals surface area (Å²) in [5, 5.41) is 9.05. The first-order valence-electron chi connectivity index (χ1n) is 6.85. The molecule has 0 bridgehead atoms. The van der Waals surface area contributed by atoms with Gasteiger partial charge in [0.1, 0.15) is 0 Å². The first-order valence-corrected chi connectivity index (χ1v) is 6.85. The van der Waals surface area contributed by atoms with E-state index in [4.69, 9.17) is 5.11 Å². The average Bonchev–Trinajstić information content (AvgIpc) is 2.36. The van der Waals surface area contributed by atoms with Crippen molar-refractivity contribution >= 4 is 5.91 Å². The van der Waals surface area contributed by atoms with Gasteiger partial charge in [0.2, 0.25) is 5.91 Å². The summed E-state index contributed by atoms with van der Waals surface area (Å²) in [7, 11) is 1.98. The average molecular weight is 240 g/mol. The molecular formula is C13H24N2O2. The quantitative estimate of drug-likeness (QED) is 0.795. The predicted octanol–water partition coefficient (Wildman–Crippen LogP) is 0.844. The zero-order valence-corrected chi connectivity index (χ0v) is 10.8. The number of aliphatic hydroxyl groups is 1. The van der Waals surface area contributed by atoms with Crippen molar-refractivity contribution < 1.29 is 9.90 Å². The van der Waals surface area contributed by atoms with Gasteiger partial charge in [-0.15, -0.1) is 0 Å². The molecule has 0 spiro atoms. The van der Waals surface area contributed by atoms with Gasteiger partial charge in [0, 0.05) is 25.7 Å². The molecule has 2 rings (SSSR count). The van der Waals surface area contributed by atoms with E-state index >= 15 is 0 Å². The molecule has 1 aliphatic heterocycles. The Morgan fingerprint density at radius 2 is 1.94 bits per heavy atom. The van der Waals surface area contributed by atoms with E-state index in [-0.39, 0.29) is 18.6 Å². The molecule has 0 aromatic heterocycles. The molecule has 1 aliphatic carbocycles. The van der Waals surface area contributed by atoms with E-state index in [1.165, 1.54) is 32.1 Å². The van der Waals surface area contributed by atoms with Gasteiger partial charge in [-0.25, -0.2) is 0 Å². The minimum absolute atomic E-state index is 0.0965. The lowest BCUT2D eigenvalue weighted by atomic mass is 9.92. The van der Waals surface area contributed by atoms with Crippen molar-refractivity contribution in [2.75, 3.05) is 26.7 Å². The summed E-state index contributed by atoms with van der Waals surface area (Å²) in [6, 6.07) is 0.363. The zero-order valence-electron chi connectivity index (χ0n) is 10.8. The van der Waals surface area contributed by atoms with Crippen LogP contribution < -0.4 is 0 Å². The van der Waals surface area contributed by atoms with Crippen LogP contribution in [0.3, 0.4) is 0 Å². The number of amides is 1. The van der Waals surface area contributed by atoms with Crippen molar-refractivity contribution in [3.05, 3.63) is 0 Å². The Hall–Kier alpha value is -0.610. The van der Waals surface area contributed by atoms with Crippen LogP contribution in [0.1, 0.15) is 38.5 Å². The summed E-state index contributed by atoms with van der Waals surface area (Å²) in [5.41, 5.74) is 0. The van der Waals surface area contributed by atoms with Gasteiger partial charge >= 0.3 is 0 Å². The van der Waals surface area contributed by atoms with Crippen molar-refractivity contribution in [3.63, 3.8) is 0 Å². The van der Waals surface area contributed by atoms with Crippen molar-refractivity contribution in [3.8, 4) is 0 Å². The predicted molar refractivity (Wildman–Crippen MR) is 66.7 cm³/mol. The van der Waals surface area contributed by atoms with E-state index in [2.05, 4.69) is 9.80 Å². The zero-order chi connectivity index (χ0) is 12.3. The number of carbonyl (C=O) groups is 1. The Morgan fingerprint density at radius 3 is 2.59 bits per heavy atom. The lowest BCUT2D eigenvalue weighted by Crippen LogP contribution is -2.58. The normalized spacial score (nSPS) is 28.7. The van der Waals surface area contributed by atoms with E-state index in [0.29, 0.717) is 12.5 Å². The maximum absolute atomic E-state index is 12.4. The van der Waals surface area contributed by atoms with Gasteiger partial charge in [-0.3, -0.25) is 9.69 Å². The Kier molecular flexibility index (Phi) is 4.40. The van der Waals surface area contributed by atoms with E-state index in [0.717, 1.165) is 13.1 Å². The highest BCUT2D eigenvalue weighted by atomic mass is 16.3. The third kappa shape index (κ3) is 2.80. The Bertz CT molecular complexity index is 264. The summed E-state index contributed by atoms with van der Waals surface area (Å²) in [6.07, 6.45) is 6.74. The summed E-state index contributed by atoms with van der Waals surface area (Å²) >= 11 is 0. The van der Waals surface area contributed by atoms with Crippen LogP contribution in [0.15, 0.2) is 0 Å². The van der Waals surface area contributed by atoms with E-state index < -0.39 is 0 Å². The molecule has 0 aromatic rings. The minimum Gasteiger partial charge on any atom is -0.396 e. The van der Waals surface area contributed by atoms with E-state index in [1.807, 2.05) is 7.05 Å². The molecule has 98 valence electrons. The second-order valence-electron chi connectivity index (χ2n) is 5.33. The maximum atomic E-state index is 12.4. The summed E-state index contributed by atoms with van der Waals surface area (Å²) in [5.74, 6) is 0.236. The maximum Gasteiger partial charge on any atom is 0.240 e. The molecule has 1 atom stereocenters. The molecule has 17 heavy (non-hydrogen) atoms. The van der Waals surface area contributed by atoms with Crippen LogP contribution in [-0.2, 0) is 4.79 Å². The van der Waals surface area contributed by atoms with Crippen LogP contribution in [0.5, 0.6) is 0 Å². The molecule has 1 N–H and O–H groups in total. The number of rotatable bonds is 3. The van der Waals surface area contributed by atoms with Crippen LogP contribution in [0.25, 0.3) is 0 Å². The number of carbonyl (C=O) groups excluding carboxylic acids is 1. The fourth-order valence-corrected chi connectivity index (χ4v) is 3.13. The van der Waals surface area contributed by atoms with Crippen LogP contribution in [0, 0.1) is 0 Å². The van der Waals surface area contributed by atoms with Crippen molar-refractivity contribution in [1.82, 2.24) is 9.80 Å². The molecule has 1 unspecified atom stereocenters. The number of aliphatic hydroxyl groups excluding tert-OH is 1. The molecule has 1 amide bonds. The number of hydrogen-bond acceptors (Lipinski definition) is 3. The van der Waals surface area contributed by atoms with Crippen LogP contribution in [-0.4, -0.2) is 59.6 Å². The Labute approximate surface area is 104 Å². The number of nitrogens with zero attached hydrogens (tertiary/aromatic N) is 2. The van der Waals surface area contributed by atoms with Gasteiger partial charge < -0.3 is 10.0 Å². The molecule has 0 radical (unpaired) electrons. The van der Waals surface area contributed by atoms with Crippen LogP contribution in [0.2, 0.25) is 0 Å². The molecule has 1 saturated heterocycles.